The Morgan fingerprint density at radius 2 is 1.24 bits per heavy atom. The molecular weight excluding hydrogens is 406 g/mol. The van der Waals surface area contributed by atoms with Gasteiger partial charge in [0, 0.05) is 17.5 Å². The highest BCUT2D eigenvalue weighted by atomic mass is 16.5. The van der Waals surface area contributed by atoms with Crippen molar-refractivity contribution in [2.75, 3.05) is 13.2 Å². The first-order valence-electron chi connectivity index (χ1n) is 12.2. The third kappa shape index (κ3) is 6.77. The Labute approximate surface area is 199 Å². The molecular formula is C30H37NO2. The van der Waals surface area contributed by atoms with E-state index in [2.05, 4.69) is 98.0 Å². The summed E-state index contributed by atoms with van der Waals surface area (Å²) in [5.74, 6) is 0.566. The molecule has 3 aromatic rings. The summed E-state index contributed by atoms with van der Waals surface area (Å²) in [7, 11) is 0. The average Bonchev–Trinajstić information content (AvgIpc) is 3.15. The van der Waals surface area contributed by atoms with E-state index >= 15 is 0 Å². The molecule has 0 spiro atoms. The second-order valence-electron chi connectivity index (χ2n) is 9.75. The van der Waals surface area contributed by atoms with Crippen LogP contribution in [0.5, 0.6) is 0 Å². The monoisotopic (exact) mass is 443 g/mol. The molecule has 0 unspecified atom stereocenters. The van der Waals surface area contributed by atoms with Crippen LogP contribution in [0.1, 0.15) is 49.4 Å². The van der Waals surface area contributed by atoms with Gasteiger partial charge >= 0.3 is 0 Å². The van der Waals surface area contributed by atoms with Gasteiger partial charge in [-0.2, -0.15) is 0 Å². The standard InChI is InChI=1S/C30H37NO2/c1-24-18-30(22-32-20-26-12-6-3-7-13-26,23-33-21-27-14-8-4-9-15-27)19-29(24)31-25(2)28-16-10-5-11-17-28/h3-17,24-25,29,31H,18-23H2,1-2H3/t24-,25-,29-/m1/s1. The first kappa shape index (κ1) is 23.7. The Bertz CT molecular complexity index is 899. The molecule has 3 nitrogen and oxygen atoms in total. The first-order chi connectivity index (χ1) is 16.1. The summed E-state index contributed by atoms with van der Waals surface area (Å²) in [6.07, 6.45) is 2.17. The molecule has 0 heterocycles. The normalized spacial score (nSPS) is 20.5. The fraction of sp³-hybridized carbons (Fsp3) is 0.400. The van der Waals surface area contributed by atoms with E-state index in [9.17, 15) is 0 Å². The van der Waals surface area contributed by atoms with E-state index in [1.807, 2.05) is 12.1 Å². The summed E-state index contributed by atoms with van der Waals surface area (Å²) in [5, 5.41) is 3.90. The van der Waals surface area contributed by atoms with Gasteiger partial charge in [-0.3, -0.25) is 0 Å². The van der Waals surface area contributed by atoms with Crippen LogP contribution in [0.15, 0.2) is 91.0 Å². The molecule has 1 aliphatic rings. The maximum absolute atomic E-state index is 6.29. The number of hydrogen-bond donors (Lipinski definition) is 1. The average molecular weight is 444 g/mol. The third-order valence-electron chi connectivity index (χ3n) is 6.90. The van der Waals surface area contributed by atoms with Gasteiger partial charge in [-0.1, -0.05) is 97.9 Å². The van der Waals surface area contributed by atoms with Gasteiger partial charge in [-0.25, -0.2) is 0 Å². The van der Waals surface area contributed by atoms with Crippen LogP contribution in [-0.4, -0.2) is 19.3 Å². The van der Waals surface area contributed by atoms with E-state index < -0.39 is 0 Å². The molecule has 3 aromatic carbocycles. The molecule has 3 heteroatoms. The quantitative estimate of drug-likeness (QED) is 0.364. The second-order valence-corrected chi connectivity index (χ2v) is 9.75. The van der Waals surface area contributed by atoms with E-state index in [-0.39, 0.29) is 5.41 Å². The molecule has 1 aliphatic carbocycles. The fourth-order valence-electron chi connectivity index (χ4n) is 5.16. The van der Waals surface area contributed by atoms with Crippen LogP contribution >= 0.6 is 0 Å². The van der Waals surface area contributed by atoms with Crippen LogP contribution in [0.3, 0.4) is 0 Å². The molecule has 1 saturated carbocycles. The summed E-state index contributed by atoms with van der Waals surface area (Å²) in [4.78, 5) is 0. The summed E-state index contributed by atoms with van der Waals surface area (Å²) < 4.78 is 12.6. The molecule has 174 valence electrons. The number of nitrogens with one attached hydrogen (secondary N) is 1. The van der Waals surface area contributed by atoms with Crippen LogP contribution in [0.25, 0.3) is 0 Å². The Hall–Kier alpha value is -2.46. The maximum atomic E-state index is 6.29. The van der Waals surface area contributed by atoms with Gasteiger partial charge in [0.25, 0.3) is 0 Å². The lowest BCUT2D eigenvalue weighted by Gasteiger charge is -2.30. The number of ether oxygens (including phenoxy) is 2. The van der Waals surface area contributed by atoms with Crippen molar-refractivity contribution in [3.63, 3.8) is 0 Å². The van der Waals surface area contributed by atoms with E-state index in [1.54, 1.807) is 0 Å². The summed E-state index contributed by atoms with van der Waals surface area (Å²) in [6, 6.07) is 32.4. The molecule has 0 radical (unpaired) electrons. The third-order valence-corrected chi connectivity index (χ3v) is 6.90. The maximum Gasteiger partial charge on any atom is 0.0717 e. The lowest BCUT2D eigenvalue weighted by atomic mass is 9.87. The highest BCUT2D eigenvalue weighted by Gasteiger charge is 2.44. The van der Waals surface area contributed by atoms with E-state index in [0.29, 0.717) is 31.2 Å². The van der Waals surface area contributed by atoms with Crippen molar-refractivity contribution in [3.05, 3.63) is 108 Å². The van der Waals surface area contributed by atoms with Gasteiger partial charge in [0.05, 0.1) is 26.4 Å². The Morgan fingerprint density at radius 1 is 0.758 bits per heavy atom. The van der Waals surface area contributed by atoms with Crippen LogP contribution in [-0.2, 0) is 22.7 Å². The van der Waals surface area contributed by atoms with Crippen molar-refractivity contribution in [2.45, 2.75) is 52.0 Å². The molecule has 0 bridgehead atoms. The van der Waals surface area contributed by atoms with Gasteiger partial charge in [-0.15, -0.1) is 0 Å². The molecule has 0 amide bonds. The molecule has 4 rings (SSSR count). The van der Waals surface area contributed by atoms with Crippen molar-refractivity contribution in [2.24, 2.45) is 11.3 Å². The molecule has 33 heavy (non-hydrogen) atoms. The highest BCUT2D eigenvalue weighted by molar-refractivity contribution is 5.19. The van der Waals surface area contributed by atoms with Crippen molar-refractivity contribution in [1.82, 2.24) is 5.32 Å². The summed E-state index contributed by atoms with van der Waals surface area (Å²) in [5.41, 5.74) is 3.80. The predicted octanol–water partition coefficient (Wildman–Crippen LogP) is 6.56. The van der Waals surface area contributed by atoms with Crippen molar-refractivity contribution >= 4 is 0 Å². The van der Waals surface area contributed by atoms with Crippen molar-refractivity contribution in [1.29, 1.82) is 0 Å². The Kier molecular flexibility index (Phi) is 8.33. The SMILES string of the molecule is C[C@@H]1CC(COCc2ccccc2)(COCc2ccccc2)C[C@H]1N[C@H](C)c1ccccc1. The smallest absolute Gasteiger partial charge is 0.0717 e. The minimum absolute atomic E-state index is 0.0249. The molecule has 1 N–H and O–H groups in total. The largest absolute Gasteiger partial charge is 0.376 e. The van der Waals surface area contributed by atoms with E-state index in [4.69, 9.17) is 9.47 Å². The zero-order chi connectivity index (χ0) is 22.9. The molecule has 0 saturated heterocycles. The lowest BCUT2D eigenvalue weighted by Crippen LogP contribution is -2.36. The van der Waals surface area contributed by atoms with Gasteiger partial charge in [0.15, 0.2) is 0 Å². The zero-order valence-corrected chi connectivity index (χ0v) is 20.0. The van der Waals surface area contributed by atoms with Gasteiger partial charge in [0.1, 0.15) is 0 Å². The second kappa shape index (κ2) is 11.6. The van der Waals surface area contributed by atoms with Crippen LogP contribution in [0.4, 0.5) is 0 Å². The fourth-order valence-corrected chi connectivity index (χ4v) is 5.16. The summed E-state index contributed by atoms with van der Waals surface area (Å²) >= 11 is 0. The van der Waals surface area contributed by atoms with Crippen molar-refractivity contribution < 1.29 is 9.47 Å². The van der Waals surface area contributed by atoms with Gasteiger partial charge < -0.3 is 14.8 Å². The first-order valence-corrected chi connectivity index (χ1v) is 12.2. The lowest BCUT2D eigenvalue weighted by molar-refractivity contribution is -0.0322. The van der Waals surface area contributed by atoms with Crippen LogP contribution in [0, 0.1) is 11.3 Å². The predicted molar refractivity (Wildman–Crippen MR) is 135 cm³/mol. The zero-order valence-electron chi connectivity index (χ0n) is 20.0. The Morgan fingerprint density at radius 3 is 1.76 bits per heavy atom. The van der Waals surface area contributed by atoms with Crippen molar-refractivity contribution in [3.8, 4) is 0 Å². The number of rotatable bonds is 11. The number of hydrogen-bond acceptors (Lipinski definition) is 3. The molecule has 0 aromatic heterocycles. The van der Waals surface area contributed by atoms with E-state index in [0.717, 1.165) is 26.1 Å². The topological polar surface area (TPSA) is 30.5 Å². The van der Waals surface area contributed by atoms with Crippen LogP contribution in [0.2, 0.25) is 0 Å². The molecule has 0 aliphatic heterocycles. The van der Waals surface area contributed by atoms with Gasteiger partial charge in [-0.05, 0) is 42.4 Å². The molecule has 3 atom stereocenters. The van der Waals surface area contributed by atoms with E-state index in [1.165, 1.54) is 16.7 Å². The minimum Gasteiger partial charge on any atom is -0.376 e. The Balaban J connectivity index is 1.39. The molecule has 1 fully saturated rings. The van der Waals surface area contributed by atoms with Gasteiger partial charge in [0.2, 0.25) is 0 Å². The minimum atomic E-state index is 0.0249. The van der Waals surface area contributed by atoms with Crippen LogP contribution < -0.4 is 5.32 Å². The number of benzene rings is 3. The summed E-state index contributed by atoms with van der Waals surface area (Å²) in [6.45, 7) is 7.37. The highest BCUT2D eigenvalue weighted by Crippen LogP contribution is 2.43.